The average molecular weight is 291 g/mol. The van der Waals surface area contributed by atoms with Crippen molar-refractivity contribution in [3.8, 4) is 5.75 Å². The highest BCUT2D eigenvalue weighted by Crippen LogP contribution is 2.30. The molecule has 4 nitrogen and oxygen atoms in total. The topological polar surface area (TPSA) is 58.6 Å². The fourth-order valence-corrected chi connectivity index (χ4v) is 2.67. The third-order valence-corrected chi connectivity index (χ3v) is 3.90. The summed E-state index contributed by atoms with van der Waals surface area (Å²) in [4.78, 5) is 11.0. The van der Waals surface area contributed by atoms with Crippen molar-refractivity contribution in [3.05, 3.63) is 24.3 Å². The molecule has 0 aromatic heterocycles. The van der Waals surface area contributed by atoms with E-state index in [2.05, 4.69) is 19.2 Å². The van der Waals surface area contributed by atoms with Crippen LogP contribution in [0.3, 0.4) is 0 Å². The van der Waals surface area contributed by atoms with Gasteiger partial charge in [-0.3, -0.25) is 4.79 Å². The van der Waals surface area contributed by atoms with E-state index < -0.39 is 5.97 Å². The molecule has 116 valence electrons. The number of carboxylic acids is 1. The monoisotopic (exact) mass is 291 g/mol. The zero-order chi connectivity index (χ0) is 15.2. The summed E-state index contributed by atoms with van der Waals surface area (Å²) >= 11 is 0. The van der Waals surface area contributed by atoms with Crippen molar-refractivity contribution in [3.63, 3.8) is 0 Å². The summed E-state index contributed by atoms with van der Waals surface area (Å²) < 4.78 is 5.84. The van der Waals surface area contributed by atoms with E-state index in [0.717, 1.165) is 37.1 Å². The lowest BCUT2D eigenvalue weighted by molar-refractivity contribution is -0.142. The second kappa shape index (κ2) is 7.34. The van der Waals surface area contributed by atoms with Crippen LogP contribution in [0.25, 0.3) is 0 Å². The molecule has 0 bridgehead atoms. The Balaban J connectivity index is 1.92. The first-order chi connectivity index (χ1) is 10.1. The van der Waals surface area contributed by atoms with Crippen LogP contribution in [0.5, 0.6) is 5.75 Å². The van der Waals surface area contributed by atoms with Crippen molar-refractivity contribution in [1.82, 2.24) is 0 Å². The standard InChI is InChI=1S/C17H25NO3/c1-12(2)11-21-16-6-4-3-5-15(16)18-14-9-7-13(8-10-14)17(19)20/h3-6,12-14,18H,7-11H2,1-2H3,(H,19,20). The molecular formula is C17H25NO3. The summed E-state index contributed by atoms with van der Waals surface area (Å²) in [6.45, 7) is 4.96. The number of hydrogen-bond acceptors (Lipinski definition) is 3. The molecule has 0 unspecified atom stereocenters. The first-order valence-electron chi connectivity index (χ1n) is 7.77. The maximum Gasteiger partial charge on any atom is 0.306 e. The lowest BCUT2D eigenvalue weighted by Crippen LogP contribution is -2.29. The molecule has 4 heteroatoms. The Hall–Kier alpha value is -1.71. The summed E-state index contributed by atoms with van der Waals surface area (Å²) in [7, 11) is 0. The molecule has 0 amide bonds. The van der Waals surface area contributed by atoms with Crippen LogP contribution in [0, 0.1) is 11.8 Å². The fourth-order valence-electron chi connectivity index (χ4n) is 2.67. The van der Waals surface area contributed by atoms with Gasteiger partial charge in [-0.1, -0.05) is 26.0 Å². The van der Waals surface area contributed by atoms with E-state index in [-0.39, 0.29) is 5.92 Å². The van der Waals surface area contributed by atoms with Crippen molar-refractivity contribution < 1.29 is 14.6 Å². The van der Waals surface area contributed by atoms with Crippen LogP contribution in [0.15, 0.2) is 24.3 Å². The molecule has 1 aliphatic rings. The van der Waals surface area contributed by atoms with Crippen molar-refractivity contribution in [2.75, 3.05) is 11.9 Å². The summed E-state index contributed by atoms with van der Waals surface area (Å²) in [5, 5.41) is 12.6. The number of aliphatic carboxylic acids is 1. The van der Waals surface area contributed by atoms with Gasteiger partial charge in [-0.2, -0.15) is 0 Å². The van der Waals surface area contributed by atoms with E-state index in [1.807, 2.05) is 24.3 Å². The number of para-hydroxylation sites is 2. The number of carboxylic acid groups (broad SMARTS) is 1. The predicted molar refractivity (Wildman–Crippen MR) is 83.8 cm³/mol. The summed E-state index contributed by atoms with van der Waals surface area (Å²) in [6.07, 6.45) is 3.30. The Morgan fingerprint density at radius 1 is 1.29 bits per heavy atom. The lowest BCUT2D eigenvalue weighted by atomic mass is 9.86. The molecule has 2 N–H and O–H groups in total. The molecule has 0 spiro atoms. The van der Waals surface area contributed by atoms with Crippen LogP contribution in [0.4, 0.5) is 5.69 Å². The van der Waals surface area contributed by atoms with Crippen molar-refractivity contribution in [2.24, 2.45) is 11.8 Å². The van der Waals surface area contributed by atoms with E-state index in [1.165, 1.54) is 0 Å². The minimum absolute atomic E-state index is 0.171. The number of nitrogens with one attached hydrogen (secondary N) is 1. The molecule has 1 aromatic carbocycles. The largest absolute Gasteiger partial charge is 0.491 e. The zero-order valence-electron chi connectivity index (χ0n) is 12.8. The maximum absolute atomic E-state index is 11.0. The van der Waals surface area contributed by atoms with Gasteiger partial charge in [0.25, 0.3) is 0 Å². The molecule has 0 atom stereocenters. The number of rotatable bonds is 6. The molecule has 0 aliphatic heterocycles. The second-order valence-electron chi connectivity index (χ2n) is 6.23. The molecule has 1 aliphatic carbocycles. The SMILES string of the molecule is CC(C)COc1ccccc1NC1CCC(C(=O)O)CC1. The lowest BCUT2D eigenvalue weighted by Gasteiger charge is -2.28. The molecule has 1 fully saturated rings. The van der Waals surface area contributed by atoms with E-state index in [0.29, 0.717) is 18.6 Å². The van der Waals surface area contributed by atoms with Crippen LogP contribution < -0.4 is 10.1 Å². The van der Waals surface area contributed by atoms with E-state index in [9.17, 15) is 4.79 Å². The van der Waals surface area contributed by atoms with Crippen LogP contribution in [0.1, 0.15) is 39.5 Å². The Kier molecular flexibility index (Phi) is 5.48. The van der Waals surface area contributed by atoms with Crippen LogP contribution in [-0.4, -0.2) is 23.7 Å². The number of benzene rings is 1. The molecule has 1 saturated carbocycles. The number of ether oxygens (including phenoxy) is 1. The van der Waals surface area contributed by atoms with Gasteiger partial charge in [-0.25, -0.2) is 0 Å². The summed E-state index contributed by atoms with van der Waals surface area (Å²) in [6, 6.07) is 8.31. The van der Waals surface area contributed by atoms with E-state index >= 15 is 0 Å². The highest BCUT2D eigenvalue weighted by Gasteiger charge is 2.26. The highest BCUT2D eigenvalue weighted by molar-refractivity contribution is 5.70. The Morgan fingerprint density at radius 3 is 2.57 bits per heavy atom. The van der Waals surface area contributed by atoms with Gasteiger partial charge in [-0.05, 0) is 43.7 Å². The van der Waals surface area contributed by atoms with Gasteiger partial charge in [0.05, 0.1) is 18.2 Å². The van der Waals surface area contributed by atoms with Gasteiger partial charge in [0.1, 0.15) is 5.75 Å². The summed E-state index contributed by atoms with van der Waals surface area (Å²) in [5.74, 6) is 0.542. The third-order valence-electron chi connectivity index (χ3n) is 3.90. The van der Waals surface area contributed by atoms with Crippen LogP contribution in [0.2, 0.25) is 0 Å². The Bertz CT molecular complexity index is 465. The second-order valence-corrected chi connectivity index (χ2v) is 6.23. The van der Waals surface area contributed by atoms with E-state index in [1.54, 1.807) is 0 Å². The average Bonchev–Trinajstić information content (AvgIpc) is 2.47. The van der Waals surface area contributed by atoms with Crippen molar-refractivity contribution >= 4 is 11.7 Å². The van der Waals surface area contributed by atoms with Gasteiger partial charge in [-0.15, -0.1) is 0 Å². The van der Waals surface area contributed by atoms with Crippen molar-refractivity contribution in [1.29, 1.82) is 0 Å². The van der Waals surface area contributed by atoms with Crippen molar-refractivity contribution in [2.45, 2.75) is 45.6 Å². The number of carbonyl (C=O) groups is 1. The predicted octanol–water partition coefficient (Wildman–Crippen LogP) is 3.78. The minimum Gasteiger partial charge on any atom is -0.491 e. The third kappa shape index (κ3) is 4.66. The zero-order valence-corrected chi connectivity index (χ0v) is 12.8. The van der Waals surface area contributed by atoms with E-state index in [4.69, 9.17) is 9.84 Å². The molecule has 0 heterocycles. The highest BCUT2D eigenvalue weighted by atomic mass is 16.5. The smallest absolute Gasteiger partial charge is 0.306 e. The van der Waals surface area contributed by atoms with Gasteiger partial charge >= 0.3 is 5.97 Å². The quantitative estimate of drug-likeness (QED) is 0.837. The Labute approximate surface area is 126 Å². The Morgan fingerprint density at radius 2 is 1.95 bits per heavy atom. The van der Waals surface area contributed by atoms with Crippen LogP contribution in [-0.2, 0) is 4.79 Å². The summed E-state index contributed by atoms with van der Waals surface area (Å²) in [5.41, 5.74) is 1.01. The molecule has 0 radical (unpaired) electrons. The number of hydrogen-bond donors (Lipinski definition) is 2. The first kappa shape index (κ1) is 15.7. The fraction of sp³-hybridized carbons (Fsp3) is 0.588. The van der Waals surface area contributed by atoms with Gasteiger partial charge in [0.15, 0.2) is 0 Å². The molecule has 0 saturated heterocycles. The minimum atomic E-state index is -0.658. The molecule has 1 aromatic rings. The molecule has 21 heavy (non-hydrogen) atoms. The molecule has 2 rings (SSSR count). The van der Waals surface area contributed by atoms with Gasteiger partial charge in [0, 0.05) is 6.04 Å². The number of anilines is 1. The molecular weight excluding hydrogens is 266 g/mol. The van der Waals surface area contributed by atoms with Crippen LogP contribution >= 0.6 is 0 Å². The van der Waals surface area contributed by atoms with Gasteiger partial charge < -0.3 is 15.2 Å². The van der Waals surface area contributed by atoms with Gasteiger partial charge in [0.2, 0.25) is 0 Å². The first-order valence-corrected chi connectivity index (χ1v) is 7.77. The maximum atomic E-state index is 11.0. The normalized spacial score (nSPS) is 22.0.